The summed E-state index contributed by atoms with van der Waals surface area (Å²) in [6, 6.07) is 12.9. The smallest absolute Gasteiger partial charge is 0.277 e. The summed E-state index contributed by atoms with van der Waals surface area (Å²) in [5, 5.41) is 4.80. The molecule has 6 heteroatoms. The summed E-state index contributed by atoms with van der Waals surface area (Å²) < 4.78 is 5.63. The van der Waals surface area contributed by atoms with E-state index in [-0.39, 0.29) is 12.5 Å². The van der Waals surface area contributed by atoms with Crippen LogP contribution < -0.4 is 10.2 Å². The van der Waals surface area contributed by atoms with Crippen LogP contribution in [0.4, 0.5) is 0 Å². The van der Waals surface area contributed by atoms with E-state index >= 15 is 0 Å². The third kappa shape index (κ3) is 5.48. The molecule has 1 amide bonds. The van der Waals surface area contributed by atoms with Crippen molar-refractivity contribution in [3.8, 4) is 5.75 Å². The van der Waals surface area contributed by atoms with Crippen molar-refractivity contribution in [1.82, 2.24) is 5.43 Å². The summed E-state index contributed by atoms with van der Waals surface area (Å²) in [6.45, 7) is 4.11. The molecule has 4 nitrogen and oxygen atoms in total. The van der Waals surface area contributed by atoms with Crippen LogP contribution >= 0.6 is 23.2 Å². The number of hydrazone groups is 1. The Kier molecular flexibility index (Phi) is 7.29. The Morgan fingerprint density at radius 1 is 1.20 bits per heavy atom. The van der Waals surface area contributed by atoms with Gasteiger partial charge in [0.15, 0.2) is 6.61 Å². The molecule has 0 aliphatic carbocycles. The SMILES string of the molecule is CCC(C)c1ccccc1OCC(=O)NN=Cc1c(Cl)cccc1Cl. The van der Waals surface area contributed by atoms with E-state index in [2.05, 4.69) is 24.4 Å². The maximum atomic E-state index is 11.9. The zero-order chi connectivity index (χ0) is 18.2. The molecule has 1 atom stereocenters. The van der Waals surface area contributed by atoms with Crippen molar-refractivity contribution in [2.75, 3.05) is 6.61 Å². The highest BCUT2D eigenvalue weighted by Crippen LogP contribution is 2.28. The first-order valence-corrected chi connectivity index (χ1v) is 8.76. The zero-order valence-corrected chi connectivity index (χ0v) is 15.6. The van der Waals surface area contributed by atoms with Crippen LogP contribution in [-0.2, 0) is 4.79 Å². The van der Waals surface area contributed by atoms with Gasteiger partial charge in [0, 0.05) is 5.56 Å². The fourth-order valence-corrected chi connectivity index (χ4v) is 2.71. The van der Waals surface area contributed by atoms with Gasteiger partial charge in [-0.15, -0.1) is 0 Å². The lowest BCUT2D eigenvalue weighted by atomic mass is 9.98. The quantitative estimate of drug-likeness (QED) is 0.542. The molecular formula is C19H20Cl2N2O2. The minimum atomic E-state index is -0.363. The number of carbonyl (C=O) groups is 1. The molecule has 0 heterocycles. The van der Waals surface area contributed by atoms with E-state index in [9.17, 15) is 4.79 Å². The van der Waals surface area contributed by atoms with Crippen molar-refractivity contribution in [1.29, 1.82) is 0 Å². The number of nitrogens with one attached hydrogen (secondary N) is 1. The lowest BCUT2D eigenvalue weighted by Crippen LogP contribution is -2.25. The normalized spacial score (nSPS) is 12.2. The number of hydrogen-bond acceptors (Lipinski definition) is 3. The average Bonchev–Trinajstić information content (AvgIpc) is 2.62. The third-order valence-corrected chi connectivity index (χ3v) is 4.46. The molecule has 0 saturated heterocycles. The number of amides is 1. The summed E-state index contributed by atoms with van der Waals surface area (Å²) in [6.07, 6.45) is 2.41. The molecule has 2 aromatic rings. The number of benzene rings is 2. The van der Waals surface area contributed by atoms with Gasteiger partial charge < -0.3 is 4.74 Å². The first-order valence-electron chi connectivity index (χ1n) is 8.00. The fourth-order valence-electron chi connectivity index (χ4n) is 2.22. The molecular weight excluding hydrogens is 359 g/mol. The zero-order valence-electron chi connectivity index (χ0n) is 14.1. The van der Waals surface area contributed by atoms with Gasteiger partial charge in [0.2, 0.25) is 0 Å². The molecule has 132 valence electrons. The van der Waals surface area contributed by atoms with Gasteiger partial charge in [0.25, 0.3) is 5.91 Å². The van der Waals surface area contributed by atoms with Crippen LogP contribution in [0, 0.1) is 0 Å². The van der Waals surface area contributed by atoms with E-state index in [0.29, 0.717) is 27.3 Å². The molecule has 0 saturated carbocycles. The summed E-state index contributed by atoms with van der Waals surface area (Å²) in [7, 11) is 0. The van der Waals surface area contributed by atoms with Gasteiger partial charge in [-0.2, -0.15) is 5.10 Å². The molecule has 1 N–H and O–H groups in total. The Balaban J connectivity index is 1.93. The summed E-state index contributed by atoms with van der Waals surface area (Å²) in [5.41, 5.74) is 4.04. The minimum absolute atomic E-state index is 0.124. The second-order valence-electron chi connectivity index (χ2n) is 5.56. The fraction of sp³-hybridized carbons (Fsp3) is 0.263. The van der Waals surface area contributed by atoms with E-state index in [1.165, 1.54) is 6.21 Å². The molecule has 1 unspecified atom stereocenters. The van der Waals surface area contributed by atoms with E-state index < -0.39 is 0 Å². The predicted molar refractivity (Wildman–Crippen MR) is 103 cm³/mol. The van der Waals surface area contributed by atoms with E-state index in [0.717, 1.165) is 12.0 Å². The van der Waals surface area contributed by atoms with Crippen molar-refractivity contribution < 1.29 is 9.53 Å². The number of carbonyl (C=O) groups excluding carboxylic acids is 1. The van der Waals surface area contributed by atoms with Crippen LogP contribution in [0.3, 0.4) is 0 Å². The molecule has 0 aliphatic rings. The molecule has 0 aromatic heterocycles. The van der Waals surface area contributed by atoms with Crippen molar-refractivity contribution in [2.24, 2.45) is 5.10 Å². The monoisotopic (exact) mass is 378 g/mol. The van der Waals surface area contributed by atoms with Gasteiger partial charge in [-0.1, -0.05) is 61.3 Å². The molecule has 0 aliphatic heterocycles. The minimum Gasteiger partial charge on any atom is -0.483 e. The van der Waals surface area contributed by atoms with Gasteiger partial charge in [-0.3, -0.25) is 4.79 Å². The van der Waals surface area contributed by atoms with Gasteiger partial charge in [-0.05, 0) is 36.1 Å². The van der Waals surface area contributed by atoms with Gasteiger partial charge in [-0.25, -0.2) is 5.43 Å². The summed E-state index contributed by atoms with van der Waals surface area (Å²) in [5.74, 6) is 0.711. The van der Waals surface area contributed by atoms with Crippen molar-refractivity contribution >= 4 is 35.3 Å². The summed E-state index contributed by atoms with van der Waals surface area (Å²) >= 11 is 12.1. The highest BCUT2D eigenvalue weighted by molar-refractivity contribution is 6.38. The first kappa shape index (κ1) is 19.3. The number of ether oxygens (including phenoxy) is 1. The molecule has 0 fully saturated rings. The Bertz CT molecular complexity index is 743. The maximum Gasteiger partial charge on any atom is 0.277 e. The second kappa shape index (κ2) is 9.44. The molecule has 0 radical (unpaired) electrons. The third-order valence-electron chi connectivity index (χ3n) is 3.80. The Morgan fingerprint density at radius 2 is 1.88 bits per heavy atom. The van der Waals surface area contributed by atoms with E-state index in [1.54, 1.807) is 18.2 Å². The molecule has 2 aromatic carbocycles. The van der Waals surface area contributed by atoms with Gasteiger partial charge in [0.05, 0.1) is 16.3 Å². The Morgan fingerprint density at radius 3 is 2.56 bits per heavy atom. The molecule has 2 rings (SSSR count). The number of hydrogen-bond donors (Lipinski definition) is 1. The first-order chi connectivity index (χ1) is 12.0. The van der Waals surface area contributed by atoms with Gasteiger partial charge >= 0.3 is 0 Å². The van der Waals surface area contributed by atoms with Crippen molar-refractivity contribution in [2.45, 2.75) is 26.2 Å². The van der Waals surface area contributed by atoms with E-state index in [4.69, 9.17) is 27.9 Å². The number of rotatable bonds is 7. The van der Waals surface area contributed by atoms with Crippen LogP contribution in [0.2, 0.25) is 10.0 Å². The van der Waals surface area contributed by atoms with Crippen LogP contribution in [0.1, 0.15) is 37.3 Å². The van der Waals surface area contributed by atoms with Crippen molar-refractivity contribution in [3.05, 3.63) is 63.6 Å². The number of para-hydroxylation sites is 1. The predicted octanol–water partition coefficient (Wildman–Crippen LogP) is 5.04. The number of nitrogens with zero attached hydrogens (tertiary/aromatic N) is 1. The molecule has 25 heavy (non-hydrogen) atoms. The topological polar surface area (TPSA) is 50.7 Å². The largest absolute Gasteiger partial charge is 0.483 e. The Hall–Kier alpha value is -2.04. The van der Waals surface area contributed by atoms with E-state index in [1.807, 2.05) is 24.3 Å². The van der Waals surface area contributed by atoms with Crippen LogP contribution in [0.25, 0.3) is 0 Å². The maximum absolute atomic E-state index is 11.9. The molecule has 0 bridgehead atoms. The lowest BCUT2D eigenvalue weighted by molar-refractivity contribution is -0.123. The molecule has 0 spiro atoms. The number of halogens is 2. The van der Waals surface area contributed by atoms with Gasteiger partial charge in [0.1, 0.15) is 5.75 Å². The highest BCUT2D eigenvalue weighted by atomic mass is 35.5. The highest BCUT2D eigenvalue weighted by Gasteiger charge is 2.11. The van der Waals surface area contributed by atoms with Crippen LogP contribution in [0.15, 0.2) is 47.6 Å². The van der Waals surface area contributed by atoms with Crippen LogP contribution in [0.5, 0.6) is 5.75 Å². The van der Waals surface area contributed by atoms with Crippen molar-refractivity contribution in [3.63, 3.8) is 0 Å². The summed E-state index contributed by atoms with van der Waals surface area (Å²) in [4.78, 5) is 11.9. The average molecular weight is 379 g/mol. The second-order valence-corrected chi connectivity index (χ2v) is 6.38. The standard InChI is InChI=1S/C19H20Cl2N2O2/c1-3-13(2)14-7-4-5-10-18(14)25-12-19(24)23-22-11-15-16(20)8-6-9-17(15)21/h4-11,13H,3,12H2,1-2H3,(H,23,24). The Labute approximate surface area is 157 Å². The lowest BCUT2D eigenvalue weighted by Gasteiger charge is -2.15. The van der Waals surface area contributed by atoms with Crippen LogP contribution in [-0.4, -0.2) is 18.7 Å².